The quantitative estimate of drug-likeness (QED) is 0.391. The molecule has 35 heavy (non-hydrogen) atoms. The number of likely N-dealkylation sites (tertiary alicyclic amines) is 1. The molecule has 0 atom stereocenters. The molecule has 4 aromatic heterocycles. The molecule has 5 rings (SSSR count). The van der Waals surface area contributed by atoms with Crippen molar-refractivity contribution in [3.8, 4) is 10.6 Å². The second kappa shape index (κ2) is 9.21. The molecular weight excluding hydrogens is 482 g/mol. The Balaban J connectivity index is 1.24. The Morgan fingerprint density at radius 2 is 2.06 bits per heavy atom. The Kier molecular flexibility index (Phi) is 6.24. The zero-order valence-electron chi connectivity index (χ0n) is 20.3. The van der Waals surface area contributed by atoms with E-state index in [4.69, 9.17) is 0 Å². The lowest BCUT2D eigenvalue weighted by molar-refractivity contribution is 0.0943. The molecule has 9 nitrogen and oxygen atoms in total. The van der Waals surface area contributed by atoms with Crippen LogP contribution < -0.4 is 10.6 Å². The molecule has 1 aliphatic rings. The van der Waals surface area contributed by atoms with Crippen LogP contribution >= 0.6 is 22.7 Å². The summed E-state index contributed by atoms with van der Waals surface area (Å²) in [6.07, 6.45) is 7.72. The zero-order chi connectivity index (χ0) is 24.7. The van der Waals surface area contributed by atoms with Crippen molar-refractivity contribution in [2.24, 2.45) is 7.05 Å². The fourth-order valence-electron chi connectivity index (χ4n) is 4.46. The lowest BCUT2D eigenvalue weighted by Crippen LogP contribution is -2.42. The van der Waals surface area contributed by atoms with Crippen LogP contribution in [0.15, 0.2) is 30.7 Å². The van der Waals surface area contributed by atoms with E-state index in [1.807, 2.05) is 38.5 Å². The molecule has 0 unspecified atom stereocenters. The van der Waals surface area contributed by atoms with Crippen LogP contribution in [-0.4, -0.2) is 61.3 Å². The van der Waals surface area contributed by atoms with E-state index in [9.17, 15) is 9.59 Å². The van der Waals surface area contributed by atoms with Crippen LogP contribution in [0.1, 0.15) is 52.3 Å². The average Bonchev–Trinajstić information content (AvgIpc) is 3.59. The van der Waals surface area contributed by atoms with Crippen LogP contribution in [0.4, 0.5) is 5.00 Å². The van der Waals surface area contributed by atoms with Crippen molar-refractivity contribution in [3.05, 3.63) is 46.7 Å². The first-order valence-corrected chi connectivity index (χ1v) is 13.3. The third kappa shape index (κ3) is 4.75. The summed E-state index contributed by atoms with van der Waals surface area (Å²) in [6, 6.07) is 3.76. The molecule has 0 bridgehead atoms. The summed E-state index contributed by atoms with van der Waals surface area (Å²) in [5, 5.41) is 15.4. The van der Waals surface area contributed by atoms with E-state index in [0.29, 0.717) is 22.0 Å². The molecule has 0 radical (unpaired) electrons. The summed E-state index contributed by atoms with van der Waals surface area (Å²) in [6.45, 7) is 8.92. The Morgan fingerprint density at radius 3 is 2.77 bits per heavy atom. The van der Waals surface area contributed by atoms with E-state index >= 15 is 0 Å². The molecule has 5 heterocycles. The number of carbonyl (C=O) groups is 2. The van der Waals surface area contributed by atoms with Gasteiger partial charge < -0.3 is 10.6 Å². The van der Waals surface area contributed by atoms with Gasteiger partial charge in [0.15, 0.2) is 0 Å². The van der Waals surface area contributed by atoms with Gasteiger partial charge in [-0.3, -0.25) is 19.2 Å². The molecule has 1 saturated heterocycles. The Bertz CT molecular complexity index is 1390. The van der Waals surface area contributed by atoms with Crippen molar-refractivity contribution in [3.63, 3.8) is 0 Å². The molecule has 0 saturated carbocycles. The van der Waals surface area contributed by atoms with Gasteiger partial charge in [-0.25, -0.2) is 4.52 Å². The maximum Gasteiger partial charge on any atom is 0.261 e. The fraction of sp³-hybridized carbons (Fsp3) is 0.417. The Morgan fingerprint density at radius 1 is 1.23 bits per heavy atom. The molecule has 0 aliphatic carbocycles. The van der Waals surface area contributed by atoms with Crippen LogP contribution in [0, 0.1) is 6.92 Å². The van der Waals surface area contributed by atoms with Crippen molar-refractivity contribution >= 4 is 44.3 Å². The minimum absolute atomic E-state index is 0.109. The van der Waals surface area contributed by atoms with Crippen molar-refractivity contribution in [1.29, 1.82) is 0 Å². The van der Waals surface area contributed by atoms with Crippen LogP contribution in [0.5, 0.6) is 0 Å². The Labute approximate surface area is 211 Å². The first-order valence-electron chi connectivity index (χ1n) is 11.6. The maximum absolute atomic E-state index is 13.1. The predicted octanol–water partition coefficient (Wildman–Crippen LogP) is 4.02. The van der Waals surface area contributed by atoms with Crippen LogP contribution in [0.2, 0.25) is 0 Å². The molecule has 184 valence electrons. The van der Waals surface area contributed by atoms with E-state index < -0.39 is 0 Å². The first-order chi connectivity index (χ1) is 16.7. The number of aromatic nitrogens is 4. The monoisotopic (exact) mass is 511 g/mol. The number of hydrogen-bond donors (Lipinski definition) is 2. The lowest BCUT2D eigenvalue weighted by Gasteiger charge is -2.31. The molecule has 2 N–H and O–H groups in total. The van der Waals surface area contributed by atoms with Gasteiger partial charge in [-0.1, -0.05) is 0 Å². The van der Waals surface area contributed by atoms with Gasteiger partial charge >= 0.3 is 0 Å². The zero-order valence-corrected chi connectivity index (χ0v) is 21.9. The first kappa shape index (κ1) is 23.7. The van der Waals surface area contributed by atoms with Gasteiger partial charge in [0.2, 0.25) is 0 Å². The molecule has 1 fully saturated rings. The standard InChI is InChI=1S/C24H29N7O2S2/c1-15-12-18(21(33)25-8-11-30-9-5-7-24(30,2)3)34-22(15)27-20(32)16-13-26-31-14-19(35-23(16)31)17-6-10-29(4)28-17/h6,10,12-14H,5,7-9,11H2,1-4H3,(H,25,33)(H,27,32). The van der Waals surface area contributed by atoms with E-state index in [-0.39, 0.29) is 17.4 Å². The van der Waals surface area contributed by atoms with E-state index in [0.717, 1.165) is 34.1 Å². The van der Waals surface area contributed by atoms with E-state index in [1.54, 1.807) is 15.4 Å². The SMILES string of the molecule is Cc1cc(C(=O)NCCN2CCCC2(C)C)sc1NC(=O)c1cnn2cc(-c3ccn(C)n3)sc12. The minimum Gasteiger partial charge on any atom is -0.350 e. The normalized spacial score (nSPS) is 15.7. The third-order valence-electron chi connectivity index (χ3n) is 6.52. The van der Waals surface area contributed by atoms with Gasteiger partial charge in [-0.05, 0) is 57.9 Å². The molecule has 1 aliphatic heterocycles. The molecule has 2 amide bonds. The summed E-state index contributed by atoms with van der Waals surface area (Å²) in [7, 11) is 1.87. The highest BCUT2D eigenvalue weighted by Gasteiger charge is 2.31. The predicted molar refractivity (Wildman–Crippen MR) is 139 cm³/mol. The van der Waals surface area contributed by atoms with E-state index in [1.165, 1.54) is 35.5 Å². The second-order valence-electron chi connectivity index (χ2n) is 9.51. The van der Waals surface area contributed by atoms with Gasteiger partial charge in [0.25, 0.3) is 11.8 Å². The van der Waals surface area contributed by atoms with Gasteiger partial charge in [-0.15, -0.1) is 22.7 Å². The highest BCUT2D eigenvalue weighted by molar-refractivity contribution is 7.21. The van der Waals surface area contributed by atoms with E-state index in [2.05, 4.69) is 39.6 Å². The van der Waals surface area contributed by atoms with Crippen LogP contribution in [0.25, 0.3) is 15.4 Å². The summed E-state index contributed by atoms with van der Waals surface area (Å²) in [4.78, 5) is 30.5. The number of nitrogens with one attached hydrogen (secondary N) is 2. The van der Waals surface area contributed by atoms with Crippen molar-refractivity contribution in [2.45, 2.75) is 39.2 Å². The van der Waals surface area contributed by atoms with Crippen molar-refractivity contribution < 1.29 is 9.59 Å². The lowest BCUT2D eigenvalue weighted by atomic mass is 10.0. The number of aryl methyl sites for hydroxylation is 2. The molecule has 0 spiro atoms. The van der Waals surface area contributed by atoms with Gasteiger partial charge in [-0.2, -0.15) is 10.2 Å². The van der Waals surface area contributed by atoms with Crippen molar-refractivity contribution in [2.75, 3.05) is 25.0 Å². The van der Waals surface area contributed by atoms with Crippen LogP contribution in [-0.2, 0) is 7.05 Å². The highest BCUT2D eigenvalue weighted by Crippen LogP contribution is 2.32. The van der Waals surface area contributed by atoms with Gasteiger partial charge in [0.05, 0.1) is 26.5 Å². The number of anilines is 1. The summed E-state index contributed by atoms with van der Waals surface area (Å²) >= 11 is 2.76. The van der Waals surface area contributed by atoms with Gasteiger partial charge in [0.1, 0.15) is 10.5 Å². The van der Waals surface area contributed by atoms with Crippen molar-refractivity contribution in [1.82, 2.24) is 29.6 Å². The average molecular weight is 512 g/mol. The molecular formula is C24H29N7O2S2. The minimum atomic E-state index is -0.248. The number of amides is 2. The highest BCUT2D eigenvalue weighted by atomic mass is 32.1. The number of thiazole rings is 1. The summed E-state index contributed by atoms with van der Waals surface area (Å²) in [5.41, 5.74) is 2.39. The number of hydrogen-bond acceptors (Lipinski definition) is 7. The number of carbonyl (C=O) groups excluding carboxylic acids is 2. The number of fused-ring (bicyclic) bond motifs is 1. The second-order valence-corrected chi connectivity index (χ2v) is 11.6. The molecule has 0 aromatic carbocycles. The third-order valence-corrected chi connectivity index (χ3v) is 8.80. The van der Waals surface area contributed by atoms with Gasteiger partial charge in [0, 0.05) is 38.1 Å². The Hall–Kier alpha value is -3.02. The topological polar surface area (TPSA) is 96.6 Å². The summed E-state index contributed by atoms with van der Waals surface area (Å²) < 4.78 is 3.44. The number of rotatable bonds is 7. The number of thiophene rings is 1. The largest absolute Gasteiger partial charge is 0.350 e. The molecule has 4 aromatic rings. The number of nitrogens with zero attached hydrogens (tertiary/aromatic N) is 5. The smallest absolute Gasteiger partial charge is 0.261 e. The fourth-order valence-corrected chi connectivity index (χ4v) is 6.47. The molecule has 11 heteroatoms. The maximum atomic E-state index is 13.1. The van der Waals surface area contributed by atoms with Crippen LogP contribution in [0.3, 0.4) is 0 Å². The summed E-state index contributed by atoms with van der Waals surface area (Å²) in [5.74, 6) is -0.357.